The number of ether oxygens (including phenoxy) is 2. The molecule has 0 unspecified atom stereocenters. The smallest absolute Gasteiger partial charge is 0.122 e. The highest BCUT2D eigenvalue weighted by Crippen LogP contribution is 2.22. The van der Waals surface area contributed by atoms with E-state index in [1.807, 2.05) is 44.2 Å². The molecular weight excluding hydrogens is 176 g/mol. The number of benzene rings is 1. The van der Waals surface area contributed by atoms with E-state index in [0.717, 1.165) is 17.1 Å². The second kappa shape index (κ2) is 5.32. The quantitative estimate of drug-likeness (QED) is 0.683. The molecule has 14 heavy (non-hydrogen) atoms. The van der Waals surface area contributed by atoms with Gasteiger partial charge in [-0.25, -0.2) is 0 Å². The molecule has 0 aliphatic rings. The zero-order chi connectivity index (χ0) is 10.4. The van der Waals surface area contributed by atoms with Crippen LogP contribution >= 0.6 is 0 Å². The van der Waals surface area contributed by atoms with E-state index in [2.05, 4.69) is 0 Å². The maximum absolute atomic E-state index is 5.48. The van der Waals surface area contributed by atoms with Crippen molar-refractivity contribution in [3.8, 4) is 11.5 Å². The molecule has 0 heterocycles. The summed E-state index contributed by atoms with van der Waals surface area (Å²) in [6, 6.07) is 5.80. The highest BCUT2D eigenvalue weighted by atomic mass is 16.5. The molecule has 76 valence electrons. The van der Waals surface area contributed by atoms with E-state index in [-0.39, 0.29) is 0 Å². The molecule has 0 saturated heterocycles. The third-order valence-electron chi connectivity index (χ3n) is 1.95. The summed E-state index contributed by atoms with van der Waals surface area (Å²) in [7, 11) is 1.67. The molecule has 0 aliphatic carbocycles. The van der Waals surface area contributed by atoms with Gasteiger partial charge in [0.15, 0.2) is 0 Å². The Morgan fingerprint density at radius 3 is 2.71 bits per heavy atom. The van der Waals surface area contributed by atoms with E-state index < -0.39 is 0 Å². The van der Waals surface area contributed by atoms with Crippen LogP contribution in [0.5, 0.6) is 11.5 Å². The van der Waals surface area contributed by atoms with E-state index in [0.29, 0.717) is 6.61 Å². The summed E-state index contributed by atoms with van der Waals surface area (Å²) in [4.78, 5) is 0. The highest BCUT2D eigenvalue weighted by Gasteiger charge is 1.99. The van der Waals surface area contributed by atoms with Crippen LogP contribution in [-0.2, 0) is 0 Å². The topological polar surface area (TPSA) is 18.5 Å². The summed E-state index contributed by atoms with van der Waals surface area (Å²) in [5.41, 5.74) is 1.09. The van der Waals surface area contributed by atoms with Crippen molar-refractivity contribution in [3.05, 3.63) is 35.9 Å². The van der Waals surface area contributed by atoms with Gasteiger partial charge in [0.25, 0.3) is 0 Å². The molecule has 0 saturated carbocycles. The third-order valence-corrected chi connectivity index (χ3v) is 1.95. The number of allylic oxidation sites excluding steroid dienone is 1. The first-order chi connectivity index (χ1) is 6.77. The van der Waals surface area contributed by atoms with Crippen LogP contribution in [0, 0.1) is 6.92 Å². The van der Waals surface area contributed by atoms with E-state index in [1.54, 1.807) is 7.11 Å². The number of rotatable bonds is 4. The molecule has 0 spiro atoms. The van der Waals surface area contributed by atoms with E-state index in [4.69, 9.17) is 9.47 Å². The van der Waals surface area contributed by atoms with E-state index in [9.17, 15) is 0 Å². The maximum atomic E-state index is 5.48. The lowest BCUT2D eigenvalue weighted by Gasteiger charge is -2.07. The second-order valence-corrected chi connectivity index (χ2v) is 3.01. The molecule has 0 atom stereocenters. The summed E-state index contributed by atoms with van der Waals surface area (Å²) in [6.45, 7) is 4.59. The van der Waals surface area contributed by atoms with Gasteiger partial charge >= 0.3 is 0 Å². The molecule has 1 aromatic carbocycles. The number of aryl methyl sites for hydroxylation is 1. The van der Waals surface area contributed by atoms with Gasteiger partial charge < -0.3 is 9.47 Å². The Balaban J connectivity index is 2.66. The zero-order valence-electron chi connectivity index (χ0n) is 8.91. The molecule has 0 N–H and O–H groups in total. The van der Waals surface area contributed by atoms with Crippen molar-refractivity contribution in [2.24, 2.45) is 0 Å². The standard InChI is InChI=1S/C12H16O2/c1-4-5-8-14-11-6-7-12(13-3)10(2)9-11/h4-7,9H,8H2,1-3H3. The lowest BCUT2D eigenvalue weighted by molar-refractivity contribution is 0.360. The summed E-state index contributed by atoms with van der Waals surface area (Å²) in [6.07, 6.45) is 3.94. The number of hydrogen-bond acceptors (Lipinski definition) is 2. The molecule has 1 rings (SSSR count). The van der Waals surface area contributed by atoms with Crippen LogP contribution in [-0.4, -0.2) is 13.7 Å². The minimum Gasteiger partial charge on any atom is -0.496 e. The van der Waals surface area contributed by atoms with Gasteiger partial charge in [-0.15, -0.1) is 0 Å². The van der Waals surface area contributed by atoms with Crippen LogP contribution in [0.15, 0.2) is 30.4 Å². The minimum absolute atomic E-state index is 0.613. The number of hydrogen-bond donors (Lipinski definition) is 0. The fourth-order valence-electron chi connectivity index (χ4n) is 1.18. The molecule has 0 amide bonds. The summed E-state index contributed by atoms with van der Waals surface area (Å²) in [5, 5.41) is 0. The molecule has 0 fully saturated rings. The maximum Gasteiger partial charge on any atom is 0.122 e. The van der Waals surface area contributed by atoms with Crippen molar-refractivity contribution in [2.75, 3.05) is 13.7 Å². The van der Waals surface area contributed by atoms with E-state index >= 15 is 0 Å². The fourth-order valence-corrected chi connectivity index (χ4v) is 1.18. The average Bonchev–Trinajstić information content (AvgIpc) is 2.18. The summed E-state index contributed by atoms with van der Waals surface area (Å²) < 4.78 is 10.6. The fraction of sp³-hybridized carbons (Fsp3) is 0.333. The highest BCUT2D eigenvalue weighted by molar-refractivity contribution is 5.39. The Kier molecular flexibility index (Phi) is 4.05. The first-order valence-electron chi connectivity index (χ1n) is 4.66. The molecule has 0 bridgehead atoms. The van der Waals surface area contributed by atoms with Crippen molar-refractivity contribution in [1.82, 2.24) is 0 Å². The van der Waals surface area contributed by atoms with Crippen LogP contribution in [0.2, 0.25) is 0 Å². The second-order valence-electron chi connectivity index (χ2n) is 3.01. The molecule has 2 heteroatoms. The molecule has 0 aromatic heterocycles. The summed E-state index contributed by atoms with van der Waals surface area (Å²) >= 11 is 0. The van der Waals surface area contributed by atoms with Crippen molar-refractivity contribution < 1.29 is 9.47 Å². The Bertz CT molecular complexity index is 316. The van der Waals surface area contributed by atoms with Crippen LogP contribution in [0.25, 0.3) is 0 Å². The van der Waals surface area contributed by atoms with Crippen LogP contribution < -0.4 is 9.47 Å². The van der Waals surface area contributed by atoms with Crippen molar-refractivity contribution >= 4 is 0 Å². The lowest BCUT2D eigenvalue weighted by Crippen LogP contribution is -1.94. The molecular formula is C12H16O2. The Morgan fingerprint density at radius 2 is 2.14 bits per heavy atom. The van der Waals surface area contributed by atoms with E-state index in [1.165, 1.54) is 0 Å². The van der Waals surface area contributed by atoms with Gasteiger partial charge in [-0.05, 0) is 37.6 Å². The average molecular weight is 192 g/mol. The minimum atomic E-state index is 0.613. The van der Waals surface area contributed by atoms with Gasteiger partial charge in [0.1, 0.15) is 18.1 Å². The summed E-state index contributed by atoms with van der Waals surface area (Å²) in [5.74, 6) is 1.77. The Morgan fingerprint density at radius 1 is 1.36 bits per heavy atom. The van der Waals surface area contributed by atoms with Gasteiger partial charge in [0.2, 0.25) is 0 Å². The first kappa shape index (κ1) is 10.6. The predicted octanol–water partition coefficient (Wildman–Crippen LogP) is 2.96. The van der Waals surface area contributed by atoms with Gasteiger partial charge in [-0.2, -0.15) is 0 Å². The Labute approximate surface area is 85.2 Å². The van der Waals surface area contributed by atoms with Gasteiger partial charge in [-0.1, -0.05) is 12.2 Å². The van der Waals surface area contributed by atoms with Crippen molar-refractivity contribution in [3.63, 3.8) is 0 Å². The molecule has 1 aromatic rings. The molecule has 2 nitrogen and oxygen atoms in total. The third kappa shape index (κ3) is 2.80. The normalized spacial score (nSPS) is 10.5. The van der Waals surface area contributed by atoms with Crippen molar-refractivity contribution in [2.45, 2.75) is 13.8 Å². The number of methoxy groups -OCH3 is 1. The van der Waals surface area contributed by atoms with Crippen LogP contribution in [0.3, 0.4) is 0 Å². The van der Waals surface area contributed by atoms with Crippen LogP contribution in [0.4, 0.5) is 0 Å². The molecule has 0 aliphatic heterocycles. The van der Waals surface area contributed by atoms with Crippen LogP contribution in [0.1, 0.15) is 12.5 Å². The van der Waals surface area contributed by atoms with Gasteiger partial charge in [-0.3, -0.25) is 0 Å². The largest absolute Gasteiger partial charge is 0.496 e. The van der Waals surface area contributed by atoms with Crippen molar-refractivity contribution in [1.29, 1.82) is 0 Å². The van der Waals surface area contributed by atoms with Gasteiger partial charge in [0, 0.05) is 0 Å². The predicted molar refractivity (Wildman–Crippen MR) is 58.0 cm³/mol. The van der Waals surface area contributed by atoms with Gasteiger partial charge in [0.05, 0.1) is 7.11 Å². The monoisotopic (exact) mass is 192 g/mol. The molecule has 0 radical (unpaired) electrons. The Hall–Kier alpha value is -1.44. The zero-order valence-corrected chi connectivity index (χ0v) is 8.91. The lowest BCUT2D eigenvalue weighted by atomic mass is 10.2. The first-order valence-corrected chi connectivity index (χ1v) is 4.66. The SMILES string of the molecule is CC=CCOc1ccc(OC)c(C)c1.